The zero-order valence-corrected chi connectivity index (χ0v) is 14.9. The Morgan fingerprint density at radius 1 is 1.25 bits per heavy atom. The third-order valence-corrected chi connectivity index (χ3v) is 4.52. The lowest BCUT2D eigenvalue weighted by Gasteiger charge is -2.24. The van der Waals surface area contributed by atoms with E-state index < -0.39 is 6.10 Å². The Bertz CT molecular complexity index is 731. The van der Waals surface area contributed by atoms with Gasteiger partial charge in [-0.1, -0.05) is 6.07 Å². The molecule has 1 aromatic carbocycles. The molecule has 0 saturated carbocycles. The van der Waals surface area contributed by atoms with Crippen molar-refractivity contribution in [3.8, 4) is 5.75 Å². The summed E-state index contributed by atoms with van der Waals surface area (Å²) in [5.41, 5.74) is 4.65. The standard InChI is InChI=1S/C19H25N3O2/c1-13-8-14(2)10-17(9-13)24-15(3)19(23)22-7-5-6-18-16(12-22)11-20-21(18)4/h8-11,15H,5-7,12H2,1-4H3/t15-/m0/s1. The van der Waals surface area contributed by atoms with E-state index >= 15 is 0 Å². The summed E-state index contributed by atoms with van der Waals surface area (Å²) >= 11 is 0. The van der Waals surface area contributed by atoms with Crippen LogP contribution in [0.4, 0.5) is 0 Å². The van der Waals surface area contributed by atoms with Crippen molar-refractivity contribution < 1.29 is 9.53 Å². The van der Waals surface area contributed by atoms with Crippen LogP contribution in [0.5, 0.6) is 5.75 Å². The SMILES string of the molecule is Cc1cc(C)cc(O[C@@H](C)C(=O)N2CCCc3c(cnn3C)C2)c1. The molecule has 0 fully saturated rings. The number of aryl methyl sites for hydroxylation is 3. The molecule has 0 bridgehead atoms. The Balaban J connectivity index is 1.71. The number of nitrogens with zero attached hydrogens (tertiary/aromatic N) is 3. The normalized spacial score (nSPS) is 15.6. The summed E-state index contributed by atoms with van der Waals surface area (Å²) in [7, 11) is 1.96. The van der Waals surface area contributed by atoms with Crippen LogP contribution in [0.25, 0.3) is 0 Å². The lowest BCUT2D eigenvalue weighted by Crippen LogP contribution is -2.40. The van der Waals surface area contributed by atoms with Gasteiger partial charge >= 0.3 is 0 Å². The molecular weight excluding hydrogens is 302 g/mol. The van der Waals surface area contributed by atoms with Gasteiger partial charge in [-0.25, -0.2) is 0 Å². The third kappa shape index (κ3) is 3.45. The van der Waals surface area contributed by atoms with Gasteiger partial charge in [-0.15, -0.1) is 0 Å². The topological polar surface area (TPSA) is 47.4 Å². The minimum absolute atomic E-state index is 0.0332. The van der Waals surface area contributed by atoms with Gasteiger partial charge in [-0.05, 0) is 56.9 Å². The molecule has 128 valence electrons. The molecule has 0 radical (unpaired) electrons. The highest BCUT2D eigenvalue weighted by molar-refractivity contribution is 5.81. The highest BCUT2D eigenvalue weighted by atomic mass is 16.5. The maximum atomic E-state index is 12.8. The Morgan fingerprint density at radius 2 is 1.96 bits per heavy atom. The van der Waals surface area contributed by atoms with E-state index in [1.54, 1.807) is 0 Å². The molecule has 5 heteroatoms. The largest absolute Gasteiger partial charge is 0.481 e. The Kier molecular flexibility index (Phi) is 4.60. The summed E-state index contributed by atoms with van der Waals surface area (Å²) in [6, 6.07) is 6.04. The number of benzene rings is 1. The van der Waals surface area contributed by atoms with Crippen LogP contribution in [0.15, 0.2) is 24.4 Å². The number of aromatic nitrogens is 2. The average Bonchev–Trinajstić information content (AvgIpc) is 2.73. The summed E-state index contributed by atoms with van der Waals surface area (Å²) in [5.74, 6) is 0.788. The number of carbonyl (C=O) groups excluding carboxylic acids is 1. The minimum Gasteiger partial charge on any atom is -0.481 e. The molecule has 1 atom stereocenters. The minimum atomic E-state index is -0.496. The molecule has 24 heavy (non-hydrogen) atoms. The highest BCUT2D eigenvalue weighted by Crippen LogP contribution is 2.21. The first-order chi connectivity index (χ1) is 11.4. The summed E-state index contributed by atoms with van der Waals surface area (Å²) in [5, 5.41) is 4.31. The zero-order valence-electron chi connectivity index (χ0n) is 14.9. The van der Waals surface area contributed by atoms with E-state index in [0.717, 1.165) is 41.8 Å². The monoisotopic (exact) mass is 327 g/mol. The van der Waals surface area contributed by atoms with E-state index in [2.05, 4.69) is 11.2 Å². The number of amides is 1. The molecule has 3 rings (SSSR count). The Labute approximate surface area is 143 Å². The highest BCUT2D eigenvalue weighted by Gasteiger charge is 2.26. The van der Waals surface area contributed by atoms with Crippen LogP contribution >= 0.6 is 0 Å². The van der Waals surface area contributed by atoms with Crippen molar-refractivity contribution in [2.24, 2.45) is 7.05 Å². The quantitative estimate of drug-likeness (QED) is 0.871. The van der Waals surface area contributed by atoms with Gasteiger partial charge in [0.15, 0.2) is 6.10 Å². The fraction of sp³-hybridized carbons (Fsp3) is 0.474. The first-order valence-electron chi connectivity index (χ1n) is 8.47. The van der Waals surface area contributed by atoms with E-state index in [4.69, 9.17) is 4.74 Å². The molecule has 2 heterocycles. The molecule has 0 spiro atoms. The molecule has 2 aromatic rings. The van der Waals surface area contributed by atoms with Gasteiger partial charge in [-0.3, -0.25) is 9.48 Å². The predicted molar refractivity (Wildman–Crippen MR) is 93.0 cm³/mol. The second-order valence-corrected chi connectivity index (χ2v) is 6.69. The molecule has 1 amide bonds. The van der Waals surface area contributed by atoms with Gasteiger partial charge in [0.2, 0.25) is 0 Å². The number of fused-ring (bicyclic) bond motifs is 1. The molecule has 1 aliphatic rings. The van der Waals surface area contributed by atoms with Crippen LogP contribution in [0.3, 0.4) is 0 Å². The van der Waals surface area contributed by atoms with Crippen LogP contribution in [-0.4, -0.2) is 33.2 Å². The molecule has 1 aromatic heterocycles. The number of hydrogen-bond acceptors (Lipinski definition) is 3. The van der Waals surface area contributed by atoms with Crippen molar-refractivity contribution in [3.05, 3.63) is 46.8 Å². The second kappa shape index (κ2) is 6.67. The lowest BCUT2D eigenvalue weighted by atomic mass is 10.1. The smallest absolute Gasteiger partial charge is 0.263 e. The molecular formula is C19H25N3O2. The van der Waals surface area contributed by atoms with Crippen molar-refractivity contribution in [2.45, 2.75) is 46.3 Å². The number of hydrogen-bond donors (Lipinski definition) is 0. The van der Waals surface area contributed by atoms with E-state index in [9.17, 15) is 4.79 Å². The summed E-state index contributed by atoms with van der Waals surface area (Å²) in [6.45, 7) is 7.27. The first-order valence-corrected chi connectivity index (χ1v) is 8.47. The van der Waals surface area contributed by atoms with Gasteiger partial charge in [-0.2, -0.15) is 5.10 Å². The van der Waals surface area contributed by atoms with Gasteiger partial charge in [0.05, 0.1) is 6.20 Å². The van der Waals surface area contributed by atoms with Crippen LogP contribution in [-0.2, 0) is 24.8 Å². The van der Waals surface area contributed by atoms with Crippen LogP contribution in [0.1, 0.15) is 35.7 Å². The maximum absolute atomic E-state index is 12.8. The fourth-order valence-corrected chi connectivity index (χ4v) is 3.39. The second-order valence-electron chi connectivity index (χ2n) is 6.69. The number of ether oxygens (including phenoxy) is 1. The zero-order chi connectivity index (χ0) is 17.3. The average molecular weight is 327 g/mol. The molecule has 1 aliphatic heterocycles. The van der Waals surface area contributed by atoms with Crippen molar-refractivity contribution >= 4 is 5.91 Å². The van der Waals surface area contributed by atoms with E-state index in [-0.39, 0.29) is 5.91 Å². The lowest BCUT2D eigenvalue weighted by molar-refractivity contribution is -0.138. The van der Waals surface area contributed by atoms with Gasteiger partial charge in [0, 0.05) is 31.4 Å². The molecule has 0 unspecified atom stereocenters. The molecule has 0 saturated heterocycles. The van der Waals surface area contributed by atoms with Crippen LogP contribution in [0.2, 0.25) is 0 Å². The van der Waals surface area contributed by atoms with E-state index in [0.29, 0.717) is 6.54 Å². The third-order valence-electron chi connectivity index (χ3n) is 4.52. The summed E-state index contributed by atoms with van der Waals surface area (Å²) in [6.07, 6.45) is 3.29. The van der Waals surface area contributed by atoms with Gasteiger partial charge < -0.3 is 9.64 Å². The van der Waals surface area contributed by atoms with Gasteiger partial charge in [0.1, 0.15) is 5.75 Å². The molecule has 0 aliphatic carbocycles. The fourth-order valence-electron chi connectivity index (χ4n) is 3.39. The Hall–Kier alpha value is -2.30. The molecule has 0 N–H and O–H groups in total. The molecule has 5 nitrogen and oxygen atoms in total. The van der Waals surface area contributed by atoms with Crippen molar-refractivity contribution in [1.29, 1.82) is 0 Å². The predicted octanol–water partition coefficient (Wildman–Crippen LogP) is 2.78. The van der Waals surface area contributed by atoms with E-state index in [1.165, 1.54) is 5.69 Å². The summed E-state index contributed by atoms with van der Waals surface area (Å²) in [4.78, 5) is 14.7. The number of carbonyl (C=O) groups is 1. The maximum Gasteiger partial charge on any atom is 0.263 e. The van der Waals surface area contributed by atoms with Gasteiger partial charge in [0.25, 0.3) is 5.91 Å². The van der Waals surface area contributed by atoms with E-state index in [1.807, 2.05) is 55.7 Å². The van der Waals surface area contributed by atoms with Crippen LogP contribution < -0.4 is 4.74 Å². The first kappa shape index (κ1) is 16.6. The van der Waals surface area contributed by atoms with Crippen molar-refractivity contribution in [3.63, 3.8) is 0 Å². The Morgan fingerprint density at radius 3 is 2.67 bits per heavy atom. The van der Waals surface area contributed by atoms with Crippen molar-refractivity contribution in [2.75, 3.05) is 6.54 Å². The summed E-state index contributed by atoms with van der Waals surface area (Å²) < 4.78 is 7.83. The van der Waals surface area contributed by atoms with Crippen LogP contribution in [0, 0.1) is 13.8 Å². The number of rotatable bonds is 3. The van der Waals surface area contributed by atoms with Crippen molar-refractivity contribution in [1.82, 2.24) is 14.7 Å².